The SMILES string of the molecule is CC1=CC(C)N2CN3C(C)=CC(C)N3CN12. The van der Waals surface area contributed by atoms with E-state index in [1.807, 2.05) is 0 Å². The van der Waals surface area contributed by atoms with Crippen LogP contribution in [0.5, 0.6) is 0 Å². The van der Waals surface area contributed by atoms with Crippen molar-refractivity contribution in [2.24, 2.45) is 0 Å². The topological polar surface area (TPSA) is 13.0 Å². The van der Waals surface area contributed by atoms with E-state index in [-0.39, 0.29) is 0 Å². The number of hydrazine groups is 2. The first-order valence-electron chi connectivity index (χ1n) is 6.03. The maximum Gasteiger partial charge on any atom is 0.105 e. The van der Waals surface area contributed by atoms with Gasteiger partial charge in [-0.2, -0.15) is 10.0 Å². The first kappa shape index (κ1) is 10.2. The Kier molecular flexibility index (Phi) is 2.06. The van der Waals surface area contributed by atoms with Crippen LogP contribution in [0.15, 0.2) is 23.5 Å². The lowest BCUT2D eigenvalue weighted by Gasteiger charge is -2.49. The maximum atomic E-state index is 2.43. The van der Waals surface area contributed by atoms with Gasteiger partial charge in [-0.3, -0.25) is 10.0 Å². The number of nitrogens with zero attached hydrogens (tertiary/aromatic N) is 4. The average molecular weight is 220 g/mol. The van der Waals surface area contributed by atoms with Crippen LogP contribution in [0.1, 0.15) is 27.7 Å². The minimum absolute atomic E-state index is 0.519. The lowest BCUT2D eigenvalue weighted by Crippen LogP contribution is -2.61. The second-order valence-electron chi connectivity index (χ2n) is 5.06. The van der Waals surface area contributed by atoms with Crippen LogP contribution in [0.25, 0.3) is 0 Å². The monoisotopic (exact) mass is 220 g/mol. The average Bonchev–Trinajstić information content (AvgIpc) is 2.67. The van der Waals surface area contributed by atoms with E-state index in [0.717, 1.165) is 13.3 Å². The maximum absolute atomic E-state index is 2.43. The minimum atomic E-state index is 0.519. The molecule has 0 radical (unpaired) electrons. The van der Waals surface area contributed by atoms with Crippen molar-refractivity contribution in [1.29, 1.82) is 0 Å². The summed E-state index contributed by atoms with van der Waals surface area (Å²) in [6.07, 6.45) is 4.68. The van der Waals surface area contributed by atoms with Crippen molar-refractivity contribution < 1.29 is 0 Å². The molecule has 16 heavy (non-hydrogen) atoms. The summed E-state index contributed by atoms with van der Waals surface area (Å²) in [6.45, 7) is 10.9. The van der Waals surface area contributed by atoms with E-state index >= 15 is 0 Å². The van der Waals surface area contributed by atoms with Crippen LogP contribution in [0.4, 0.5) is 0 Å². The van der Waals surface area contributed by atoms with Crippen molar-refractivity contribution in [3.05, 3.63) is 23.5 Å². The highest BCUT2D eigenvalue weighted by Crippen LogP contribution is 2.32. The van der Waals surface area contributed by atoms with E-state index < -0.39 is 0 Å². The highest BCUT2D eigenvalue weighted by Gasteiger charge is 2.40. The molecule has 3 aliphatic rings. The fraction of sp³-hybridized carbons (Fsp3) is 0.667. The summed E-state index contributed by atoms with van der Waals surface area (Å²) in [5.74, 6) is 0. The molecule has 3 aliphatic heterocycles. The Morgan fingerprint density at radius 3 is 1.62 bits per heavy atom. The zero-order chi connectivity index (χ0) is 11.4. The molecule has 88 valence electrons. The summed E-state index contributed by atoms with van der Waals surface area (Å²) in [5, 5.41) is 9.65. The molecule has 0 aromatic heterocycles. The lowest BCUT2D eigenvalue weighted by molar-refractivity contribution is -0.191. The van der Waals surface area contributed by atoms with E-state index in [9.17, 15) is 0 Å². The van der Waals surface area contributed by atoms with Crippen molar-refractivity contribution in [2.45, 2.75) is 39.8 Å². The molecule has 2 atom stereocenters. The van der Waals surface area contributed by atoms with Gasteiger partial charge in [-0.05, 0) is 39.8 Å². The van der Waals surface area contributed by atoms with Gasteiger partial charge >= 0.3 is 0 Å². The van der Waals surface area contributed by atoms with E-state index in [2.05, 4.69) is 59.9 Å². The fourth-order valence-corrected chi connectivity index (χ4v) is 2.96. The third-order valence-electron chi connectivity index (χ3n) is 3.90. The quantitative estimate of drug-likeness (QED) is 0.614. The van der Waals surface area contributed by atoms with E-state index in [4.69, 9.17) is 0 Å². The van der Waals surface area contributed by atoms with Gasteiger partial charge < -0.3 is 0 Å². The first-order valence-corrected chi connectivity index (χ1v) is 6.03. The molecule has 0 aliphatic carbocycles. The molecule has 0 spiro atoms. The molecule has 1 saturated heterocycles. The van der Waals surface area contributed by atoms with Crippen LogP contribution < -0.4 is 0 Å². The van der Waals surface area contributed by atoms with E-state index in [1.54, 1.807) is 0 Å². The number of allylic oxidation sites excluding steroid dienone is 2. The Labute approximate surface area is 97.3 Å². The van der Waals surface area contributed by atoms with Gasteiger partial charge in [0.05, 0.1) is 0 Å². The van der Waals surface area contributed by atoms with Crippen molar-refractivity contribution >= 4 is 0 Å². The van der Waals surface area contributed by atoms with Crippen molar-refractivity contribution in [2.75, 3.05) is 13.3 Å². The largest absolute Gasteiger partial charge is 0.292 e. The second-order valence-corrected chi connectivity index (χ2v) is 5.06. The van der Waals surface area contributed by atoms with Crippen molar-refractivity contribution in [3.8, 4) is 0 Å². The minimum Gasteiger partial charge on any atom is -0.292 e. The van der Waals surface area contributed by atoms with Crippen LogP contribution in [0.2, 0.25) is 0 Å². The number of hydrogen-bond acceptors (Lipinski definition) is 4. The van der Waals surface area contributed by atoms with E-state index in [1.165, 1.54) is 11.4 Å². The Morgan fingerprint density at radius 1 is 0.875 bits per heavy atom. The van der Waals surface area contributed by atoms with Gasteiger partial charge in [-0.25, -0.2) is 0 Å². The number of hydrogen-bond donors (Lipinski definition) is 0. The normalized spacial score (nSPS) is 35.0. The Balaban J connectivity index is 1.86. The van der Waals surface area contributed by atoms with Gasteiger partial charge in [0.2, 0.25) is 0 Å². The van der Waals surface area contributed by atoms with Gasteiger partial charge in [0, 0.05) is 23.5 Å². The summed E-state index contributed by atoms with van der Waals surface area (Å²) in [7, 11) is 0. The van der Waals surface area contributed by atoms with E-state index in [0.29, 0.717) is 12.1 Å². The van der Waals surface area contributed by atoms with Gasteiger partial charge in [-0.1, -0.05) is 0 Å². The van der Waals surface area contributed by atoms with Crippen LogP contribution in [0.3, 0.4) is 0 Å². The Bertz CT molecular complexity index is 337. The van der Waals surface area contributed by atoms with Crippen LogP contribution >= 0.6 is 0 Å². The standard InChI is InChI=1S/C12H20N4/c1-9-5-10(2)14-8-16-12(4)6-11(3)15(16)7-13(9)14/h5-6,9,12H,7-8H2,1-4H3. The lowest BCUT2D eigenvalue weighted by atomic mass is 10.3. The number of fused-ring (bicyclic) bond motifs is 2. The molecule has 0 aromatic carbocycles. The molecule has 0 N–H and O–H groups in total. The zero-order valence-electron chi connectivity index (χ0n) is 10.5. The molecule has 0 bridgehead atoms. The van der Waals surface area contributed by atoms with Gasteiger partial charge in [0.15, 0.2) is 0 Å². The Hall–Kier alpha value is -1.00. The molecular weight excluding hydrogens is 200 g/mol. The summed E-state index contributed by atoms with van der Waals surface area (Å²) in [5.41, 5.74) is 2.76. The van der Waals surface area contributed by atoms with Crippen LogP contribution in [0, 0.1) is 0 Å². The third kappa shape index (κ3) is 1.23. The van der Waals surface area contributed by atoms with Crippen molar-refractivity contribution in [1.82, 2.24) is 20.0 Å². The summed E-state index contributed by atoms with van der Waals surface area (Å²) in [4.78, 5) is 0. The Morgan fingerprint density at radius 2 is 1.25 bits per heavy atom. The molecule has 0 aromatic rings. The van der Waals surface area contributed by atoms with Crippen LogP contribution in [-0.4, -0.2) is 45.5 Å². The smallest absolute Gasteiger partial charge is 0.105 e. The molecule has 1 fully saturated rings. The molecule has 3 heterocycles. The molecule has 2 unspecified atom stereocenters. The highest BCUT2D eigenvalue weighted by molar-refractivity contribution is 5.14. The molecule has 4 nitrogen and oxygen atoms in total. The third-order valence-corrected chi connectivity index (χ3v) is 3.90. The molecule has 0 saturated carbocycles. The highest BCUT2D eigenvalue weighted by atomic mass is 15.8. The predicted molar refractivity (Wildman–Crippen MR) is 63.5 cm³/mol. The second kappa shape index (κ2) is 3.25. The summed E-state index contributed by atoms with van der Waals surface area (Å²) in [6, 6.07) is 1.04. The molecule has 4 heteroatoms. The number of rotatable bonds is 0. The fourth-order valence-electron chi connectivity index (χ4n) is 2.96. The van der Waals surface area contributed by atoms with Gasteiger partial charge in [0.1, 0.15) is 13.3 Å². The predicted octanol–water partition coefficient (Wildman–Crippen LogP) is 1.56. The van der Waals surface area contributed by atoms with Gasteiger partial charge in [-0.15, -0.1) is 0 Å². The first-order chi connectivity index (χ1) is 7.58. The molecular formula is C12H20N4. The van der Waals surface area contributed by atoms with Crippen LogP contribution in [-0.2, 0) is 0 Å². The van der Waals surface area contributed by atoms with Crippen molar-refractivity contribution in [3.63, 3.8) is 0 Å². The zero-order valence-corrected chi connectivity index (χ0v) is 10.5. The van der Waals surface area contributed by atoms with Gasteiger partial charge in [0.25, 0.3) is 0 Å². The molecule has 0 amide bonds. The summed E-state index contributed by atoms with van der Waals surface area (Å²) >= 11 is 0. The molecule has 3 rings (SSSR count). The summed E-state index contributed by atoms with van der Waals surface area (Å²) < 4.78 is 0.